The molecule has 6 nitrogen and oxygen atoms in total. The Kier molecular flexibility index (Phi) is 9.45. The molecule has 0 aliphatic carbocycles. The minimum Gasteiger partial charge on any atom is -0.468 e. The molecule has 2 aromatic rings. The van der Waals surface area contributed by atoms with Gasteiger partial charge in [-0.25, -0.2) is 9.18 Å². The minimum absolute atomic E-state index is 0.0496. The van der Waals surface area contributed by atoms with Gasteiger partial charge >= 0.3 is 5.97 Å². The first-order valence-corrected chi connectivity index (χ1v) is 12.2. The van der Waals surface area contributed by atoms with Crippen LogP contribution in [0.5, 0.6) is 0 Å². The first kappa shape index (κ1) is 25.7. The van der Waals surface area contributed by atoms with Crippen molar-refractivity contribution in [2.75, 3.05) is 43.5 Å². The highest BCUT2D eigenvalue weighted by Crippen LogP contribution is 2.28. The number of carbonyl (C=O) groups excluding carboxylic acids is 2. The third kappa shape index (κ3) is 6.35. The molecule has 2 unspecified atom stereocenters. The standard InChI is InChI=1S/C27H36FN3O3/c1-4-6-10-20(5-2)26(32)29-22-13-14-24(23(28)19-22)30-15-17-31(18-16-30)25(27(33)34-3)21-11-8-7-9-12-21/h7-9,11-14,19-20,25H,4-6,10,15-18H2,1-3H3,(H,29,32). The van der Waals surface area contributed by atoms with E-state index in [2.05, 4.69) is 17.1 Å². The zero-order valence-corrected chi connectivity index (χ0v) is 20.4. The number of hydrogen-bond donors (Lipinski definition) is 1. The van der Waals surface area contributed by atoms with Crippen molar-refractivity contribution in [2.45, 2.75) is 45.6 Å². The molecule has 2 atom stereocenters. The largest absolute Gasteiger partial charge is 0.468 e. The summed E-state index contributed by atoms with van der Waals surface area (Å²) in [6, 6.07) is 14.0. The van der Waals surface area contributed by atoms with Gasteiger partial charge in [0.1, 0.15) is 11.9 Å². The fraction of sp³-hybridized carbons (Fsp3) is 0.481. The number of benzene rings is 2. The molecule has 3 rings (SSSR count). The molecule has 1 N–H and O–H groups in total. The van der Waals surface area contributed by atoms with Gasteiger partial charge in [0, 0.05) is 37.8 Å². The average Bonchev–Trinajstić information content (AvgIpc) is 2.86. The van der Waals surface area contributed by atoms with E-state index in [1.807, 2.05) is 42.2 Å². The Morgan fingerprint density at radius 2 is 1.76 bits per heavy atom. The molecule has 184 valence electrons. The second-order valence-corrected chi connectivity index (χ2v) is 8.76. The van der Waals surface area contributed by atoms with Gasteiger partial charge in [-0.15, -0.1) is 0 Å². The molecule has 0 aromatic heterocycles. The number of halogens is 1. The number of ether oxygens (including phenoxy) is 1. The molecule has 0 radical (unpaired) electrons. The summed E-state index contributed by atoms with van der Waals surface area (Å²) < 4.78 is 20.0. The number of hydrogen-bond acceptors (Lipinski definition) is 5. The number of methoxy groups -OCH3 is 1. The zero-order valence-electron chi connectivity index (χ0n) is 20.4. The lowest BCUT2D eigenvalue weighted by Crippen LogP contribution is -2.49. The maximum Gasteiger partial charge on any atom is 0.327 e. The van der Waals surface area contributed by atoms with Crippen molar-refractivity contribution in [3.63, 3.8) is 0 Å². The number of amides is 1. The second-order valence-electron chi connectivity index (χ2n) is 8.76. The third-order valence-corrected chi connectivity index (χ3v) is 6.54. The smallest absolute Gasteiger partial charge is 0.327 e. The van der Waals surface area contributed by atoms with Crippen LogP contribution < -0.4 is 10.2 Å². The number of unbranched alkanes of at least 4 members (excludes halogenated alkanes) is 1. The maximum atomic E-state index is 15.0. The first-order valence-electron chi connectivity index (χ1n) is 12.2. The summed E-state index contributed by atoms with van der Waals surface area (Å²) in [6.45, 7) is 6.47. The normalized spacial score (nSPS) is 16.1. The van der Waals surface area contributed by atoms with Crippen LogP contribution in [0.2, 0.25) is 0 Å². The van der Waals surface area contributed by atoms with Crippen LogP contribution in [0.4, 0.5) is 15.8 Å². The number of carbonyl (C=O) groups is 2. The summed E-state index contributed by atoms with van der Waals surface area (Å²) >= 11 is 0. The molecule has 1 amide bonds. The third-order valence-electron chi connectivity index (χ3n) is 6.54. The van der Waals surface area contributed by atoms with Crippen LogP contribution in [0.3, 0.4) is 0 Å². The highest BCUT2D eigenvalue weighted by Gasteiger charge is 2.31. The van der Waals surface area contributed by atoms with Gasteiger partial charge in [-0.05, 0) is 36.6 Å². The van der Waals surface area contributed by atoms with Crippen LogP contribution in [-0.4, -0.2) is 50.1 Å². The lowest BCUT2D eigenvalue weighted by Gasteiger charge is -2.39. The van der Waals surface area contributed by atoms with Crippen molar-refractivity contribution >= 4 is 23.3 Å². The molecular formula is C27H36FN3O3. The van der Waals surface area contributed by atoms with Gasteiger partial charge in [0.05, 0.1) is 12.8 Å². The number of anilines is 2. The SMILES string of the molecule is CCCCC(CC)C(=O)Nc1ccc(N2CCN(C(C(=O)OC)c3ccccc3)CC2)c(F)c1. The summed E-state index contributed by atoms with van der Waals surface area (Å²) in [4.78, 5) is 29.1. The van der Waals surface area contributed by atoms with Crippen molar-refractivity contribution in [2.24, 2.45) is 5.92 Å². The van der Waals surface area contributed by atoms with Crippen LogP contribution in [0, 0.1) is 11.7 Å². The Bertz CT molecular complexity index is 945. The van der Waals surface area contributed by atoms with E-state index < -0.39 is 6.04 Å². The predicted octanol–water partition coefficient (Wildman–Crippen LogP) is 5.02. The van der Waals surface area contributed by atoms with E-state index in [9.17, 15) is 14.0 Å². The fourth-order valence-corrected chi connectivity index (χ4v) is 4.52. The lowest BCUT2D eigenvalue weighted by atomic mass is 9.98. The summed E-state index contributed by atoms with van der Waals surface area (Å²) in [6.07, 6.45) is 3.67. The number of esters is 1. The van der Waals surface area contributed by atoms with Crippen LogP contribution in [0.15, 0.2) is 48.5 Å². The number of rotatable bonds is 10. The van der Waals surface area contributed by atoms with E-state index in [1.54, 1.807) is 12.1 Å². The predicted molar refractivity (Wildman–Crippen MR) is 133 cm³/mol. The number of nitrogens with zero attached hydrogens (tertiary/aromatic N) is 2. The van der Waals surface area contributed by atoms with Crippen LogP contribution in [0.1, 0.15) is 51.1 Å². The zero-order chi connectivity index (χ0) is 24.5. The lowest BCUT2D eigenvalue weighted by molar-refractivity contribution is -0.147. The van der Waals surface area contributed by atoms with Crippen molar-refractivity contribution in [3.05, 3.63) is 59.9 Å². The Hall–Kier alpha value is -2.93. The molecule has 1 aliphatic rings. The van der Waals surface area contributed by atoms with E-state index in [0.717, 1.165) is 31.2 Å². The number of piperazine rings is 1. The van der Waals surface area contributed by atoms with Gasteiger partial charge in [0.2, 0.25) is 5.91 Å². The molecule has 0 bridgehead atoms. The molecule has 0 saturated carbocycles. The van der Waals surface area contributed by atoms with E-state index in [1.165, 1.54) is 13.2 Å². The Balaban J connectivity index is 1.64. The molecule has 7 heteroatoms. The molecule has 1 heterocycles. The molecule has 1 fully saturated rings. The van der Waals surface area contributed by atoms with Crippen molar-refractivity contribution in [1.82, 2.24) is 4.90 Å². The summed E-state index contributed by atoms with van der Waals surface area (Å²) in [7, 11) is 1.40. The molecule has 2 aromatic carbocycles. The van der Waals surface area contributed by atoms with Crippen LogP contribution >= 0.6 is 0 Å². The molecule has 34 heavy (non-hydrogen) atoms. The monoisotopic (exact) mass is 469 g/mol. The van der Waals surface area contributed by atoms with Crippen molar-refractivity contribution < 1.29 is 18.7 Å². The van der Waals surface area contributed by atoms with E-state index in [0.29, 0.717) is 37.6 Å². The molecule has 0 spiro atoms. The van der Waals surface area contributed by atoms with Gasteiger partial charge in [0.25, 0.3) is 0 Å². The summed E-state index contributed by atoms with van der Waals surface area (Å²) in [5.41, 5.74) is 1.87. The van der Waals surface area contributed by atoms with Gasteiger partial charge < -0.3 is 15.0 Å². The Morgan fingerprint density at radius 1 is 1.06 bits per heavy atom. The van der Waals surface area contributed by atoms with E-state index in [-0.39, 0.29) is 23.6 Å². The van der Waals surface area contributed by atoms with Gasteiger partial charge in [0.15, 0.2) is 0 Å². The highest BCUT2D eigenvalue weighted by atomic mass is 19.1. The molecule has 1 saturated heterocycles. The van der Waals surface area contributed by atoms with E-state index >= 15 is 0 Å². The highest BCUT2D eigenvalue weighted by molar-refractivity contribution is 5.92. The number of nitrogens with one attached hydrogen (secondary N) is 1. The van der Waals surface area contributed by atoms with Crippen molar-refractivity contribution in [3.8, 4) is 0 Å². The van der Waals surface area contributed by atoms with Gasteiger partial charge in [-0.2, -0.15) is 0 Å². The average molecular weight is 470 g/mol. The summed E-state index contributed by atoms with van der Waals surface area (Å²) in [5.74, 6) is -0.759. The topological polar surface area (TPSA) is 61.9 Å². The Labute approximate surface area is 202 Å². The second kappa shape index (κ2) is 12.5. The van der Waals surface area contributed by atoms with Crippen LogP contribution in [-0.2, 0) is 14.3 Å². The van der Waals surface area contributed by atoms with Crippen molar-refractivity contribution in [1.29, 1.82) is 0 Å². The molecular weight excluding hydrogens is 433 g/mol. The fourth-order valence-electron chi connectivity index (χ4n) is 4.52. The quantitative estimate of drug-likeness (QED) is 0.495. The van der Waals surface area contributed by atoms with E-state index in [4.69, 9.17) is 4.74 Å². The Morgan fingerprint density at radius 3 is 2.35 bits per heavy atom. The summed E-state index contributed by atoms with van der Waals surface area (Å²) in [5, 5.41) is 2.87. The maximum absolute atomic E-state index is 15.0. The first-order chi connectivity index (χ1) is 16.5. The van der Waals surface area contributed by atoms with Gasteiger partial charge in [-0.1, -0.05) is 57.0 Å². The minimum atomic E-state index is -0.477. The molecule has 1 aliphatic heterocycles. The van der Waals surface area contributed by atoms with Gasteiger partial charge in [-0.3, -0.25) is 9.69 Å². The van der Waals surface area contributed by atoms with Crippen LogP contribution in [0.25, 0.3) is 0 Å².